The highest BCUT2D eigenvalue weighted by atomic mass is 19.3. The molecule has 10 heteroatoms. The van der Waals surface area contributed by atoms with Crippen LogP contribution in [0.2, 0.25) is 0 Å². The molecule has 0 aliphatic carbocycles. The predicted octanol–water partition coefficient (Wildman–Crippen LogP) is 3.66. The Hall–Kier alpha value is -3.56. The lowest BCUT2D eigenvalue weighted by atomic mass is 10.2. The number of nitrogens with zero attached hydrogens (tertiary/aromatic N) is 2. The van der Waals surface area contributed by atoms with Crippen LogP contribution in [0.3, 0.4) is 0 Å². The third kappa shape index (κ3) is 6.73. The fraction of sp³-hybridized carbons (Fsp3) is 0.364. The summed E-state index contributed by atoms with van der Waals surface area (Å²) in [5.74, 6) is -3.42. The number of hydrogen-bond acceptors (Lipinski definition) is 6. The van der Waals surface area contributed by atoms with Crippen molar-refractivity contribution in [3.05, 3.63) is 53.2 Å². The minimum absolute atomic E-state index is 0.0427. The third-order valence-electron chi connectivity index (χ3n) is 4.38. The molecule has 0 aromatic carbocycles. The second-order valence-electron chi connectivity index (χ2n) is 7.06. The van der Waals surface area contributed by atoms with E-state index in [1.807, 2.05) is 0 Å². The number of nitrogens with one attached hydrogen (secondary N) is 2. The number of halogens is 2. The molecule has 0 bridgehead atoms. The van der Waals surface area contributed by atoms with Gasteiger partial charge in [-0.1, -0.05) is 13.5 Å². The van der Waals surface area contributed by atoms with Crippen molar-refractivity contribution in [2.24, 2.45) is 0 Å². The van der Waals surface area contributed by atoms with Gasteiger partial charge >= 0.3 is 5.92 Å². The molecule has 0 atom stereocenters. The molecule has 0 fully saturated rings. The van der Waals surface area contributed by atoms with Crippen molar-refractivity contribution < 1.29 is 27.8 Å². The van der Waals surface area contributed by atoms with E-state index in [2.05, 4.69) is 27.2 Å². The summed E-state index contributed by atoms with van der Waals surface area (Å²) in [7, 11) is 1.37. The maximum atomic E-state index is 13.7. The second kappa shape index (κ2) is 10.7. The lowest BCUT2D eigenvalue weighted by Gasteiger charge is -2.17. The van der Waals surface area contributed by atoms with E-state index in [1.54, 1.807) is 26.0 Å². The predicted molar refractivity (Wildman–Crippen MR) is 115 cm³/mol. The third-order valence-corrected chi connectivity index (χ3v) is 4.38. The normalized spacial score (nSPS) is 10.9. The van der Waals surface area contributed by atoms with Crippen LogP contribution in [0.5, 0.6) is 11.8 Å². The van der Waals surface area contributed by atoms with E-state index < -0.39 is 18.4 Å². The molecule has 0 radical (unpaired) electrons. The molecule has 0 aliphatic heterocycles. The van der Waals surface area contributed by atoms with Gasteiger partial charge in [0.15, 0.2) is 6.61 Å². The molecule has 172 valence electrons. The highest BCUT2D eigenvalue weighted by molar-refractivity contribution is 5.96. The SMILES string of the molecule is C=C(C)C(F)(F)COc1ccc(CNC(=O)c2cc(C)nc(NC(=O)CC)c2)c(OC)n1. The summed E-state index contributed by atoms with van der Waals surface area (Å²) in [4.78, 5) is 32.4. The van der Waals surface area contributed by atoms with Gasteiger partial charge in [-0.25, -0.2) is 4.98 Å². The summed E-state index contributed by atoms with van der Waals surface area (Å²) in [6.45, 7) is 7.05. The van der Waals surface area contributed by atoms with Crippen LogP contribution in [0.1, 0.15) is 41.9 Å². The van der Waals surface area contributed by atoms with Crippen molar-refractivity contribution in [1.29, 1.82) is 0 Å². The zero-order valence-electron chi connectivity index (χ0n) is 18.4. The topological polar surface area (TPSA) is 102 Å². The largest absolute Gasteiger partial charge is 0.481 e. The van der Waals surface area contributed by atoms with Crippen LogP contribution in [-0.4, -0.2) is 41.4 Å². The standard InChI is InChI=1S/C22H26F2N4O4/c1-6-18(29)27-17-10-16(9-14(4)26-17)20(30)25-11-15-7-8-19(28-21(15)31-5)32-12-22(23,24)13(2)3/h7-10H,2,6,11-12H2,1,3-5H3,(H,25,30)(H,26,27,29). The Morgan fingerprint density at radius 2 is 1.94 bits per heavy atom. The first-order valence-corrected chi connectivity index (χ1v) is 9.83. The molecular weight excluding hydrogens is 422 g/mol. The summed E-state index contributed by atoms with van der Waals surface area (Å²) >= 11 is 0. The van der Waals surface area contributed by atoms with E-state index in [1.165, 1.54) is 26.2 Å². The summed E-state index contributed by atoms with van der Waals surface area (Å²) < 4.78 is 37.6. The van der Waals surface area contributed by atoms with Gasteiger partial charge in [0, 0.05) is 35.9 Å². The number of aromatic nitrogens is 2. The number of alkyl halides is 2. The molecule has 0 spiro atoms. The van der Waals surface area contributed by atoms with Gasteiger partial charge in [0.2, 0.25) is 17.7 Å². The number of pyridine rings is 2. The van der Waals surface area contributed by atoms with Gasteiger partial charge < -0.3 is 20.1 Å². The number of anilines is 1. The molecule has 2 aromatic rings. The van der Waals surface area contributed by atoms with Gasteiger partial charge in [0.1, 0.15) is 5.82 Å². The number of rotatable bonds is 10. The molecule has 0 aliphatic rings. The quantitative estimate of drug-likeness (QED) is 0.538. The lowest BCUT2D eigenvalue weighted by molar-refractivity contribution is -0.115. The first-order valence-electron chi connectivity index (χ1n) is 9.83. The molecule has 0 unspecified atom stereocenters. The van der Waals surface area contributed by atoms with Gasteiger partial charge in [-0.2, -0.15) is 13.8 Å². The fourth-order valence-electron chi connectivity index (χ4n) is 2.50. The summed E-state index contributed by atoms with van der Waals surface area (Å²) in [5, 5.41) is 5.35. The first kappa shape index (κ1) is 24.7. The Bertz CT molecular complexity index is 1010. The molecule has 8 nitrogen and oxygen atoms in total. The van der Waals surface area contributed by atoms with Crippen LogP contribution < -0.4 is 20.1 Å². The van der Waals surface area contributed by atoms with E-state index in [9.17, 15) is 18.4 Å². The van der Waals surface area contributed by atoms with Gasteiger partial charge in [-0.05, 0) is 37.6 Å². The highest BCUT2D eigenvalue weighted by Crippen LogP contribution is 2.25. The van der Waals surface area contributed by atoms with Gasteiger partial charge in [-0.3, -0.25) is 9.59 Å². The molecule has 0 saturated heterocycles. The molecule has 0 saturated carbocycles. The van der Waals surface area contributed by atoms with Crippen molar-refractivity contribution in [2.75, 3.05) is 19.0 Å². The molecular formula is C22H26F2N4O4. The van der Waals surface area contributed by atoms with Crippen LogP contribution in [0.25, 0.3) is 0 Å². The van der Waals surface area contributed by atoms with Crippen LogP contribution in [-0.2, 0) is 11.3 Å². The maximum Gasteiger partial charge on any atom is 0.302 e. The summed E-state index contributed by atoms with van der Waals surface area (Å²) in [5.41, 5.74) is 1.09. The Morgan fingerprint density at radius 1 is 1.22 bits per heavy atom. The molecule has 2 amide bonds. The minimum atomic E-state index is -3.18. The Balaban J connectivity index is 2.07. The van der Waals surface area contributed by atoms with Crippen molar-refractivity contribution in [3.63, 3.8) is 0 Å². The molecule has 2 N–H and O–H groups in total. The number of aryl methyl sites for hydroxylation is 1. The molecule has 32 heavy (non-hydrogen) atoms. The first-order chi connectivity index (χ1) is 15.1. The minimum Gasteiger partial charge on any atom is -0.481 e. The number of amides is 2. The number of carbonyl (C=O) groups excluding carboxylic acids is 2. The number of hydrogen-bond donors (Lipinski definition) is 2. The zero-order valence-corrected chi connectivity index (χ0v) is 18.4. The summed E-state index contributed by atoms with van der Waals surface area (Å²) in [6.07, 6.45) is 0.286. The zero-order chi connectivity index (χ0) is 23.9. The van der Waals surface area contributed by atoms with E-state index in [4.69, 9.17) is 9.47 Å². The lowest BCUT2D eigenvalue weighted by Crippen LogP contribution is -2.27. The summed E-state index contributed by atoms with van der Waals surface area (Å²) in [6, 6.07) is 6.04. The van der Waals surface area contributed by atoms with Crippen molar-refractivity contribution in [1.82, 2.24) is 15.3 Å². The van der Waals surface area contributed by atoms with Crippen LogP contribution in [0.4, 0.5) is 14.6 Å². The van der Waals surface area contributed by atoms with Gasteiger partial charge in [0.05, 0.1) is 7.11 Å². The average Bonchev–Trinajstić information content (AvgIpc) is 2.75. The molecule has 2 heterocycles. The second-order valence-corrected chi connectivity index (χ2v) is 7.06. The highest BCUT2D eigenvalue weighted by Gasteiger charge is 2.31. The van der Waals surface area contributed by atoms with Crippen LogP contribution >= 0.6 is 0 Å². The van der Waals surface area contributed by atoms with E-state index in [0.29, 0.717) is 16.8 Å². The smallest absolute Gasteiger partial charge is 0.302 e. The Labute approximate surface area is 185 Å². The fourth-order valence-corrected chi connectivity index (χ4v) is 2.50. The monoisotopic (exact) mass is 448 g/mol. The van der Waals surface area contributed by atoms with Gasteiger partial charge in [-0.15, -0.1) is 0 Å². The molecule has 2 rings (SSSR count). The van der Waals surface area contributed by atoms with E-state index in [0.717, 1.165) is 0 Å². The Kier molecular flexibility index (Phi) is 8.22. The van der Waals surface area contributed by atoms with E-state index in [-0.39, 0.29) is 42.0 Å². The van der Waals surface area contributed by atoms with Gasteiger partial charge in [0.25, 0.3) is 5.91 Å². The number of methoxy groups -OCH3 is 1. The van der Waals surface area contributed by atoms with Crippen LogP contribution in [0.15, 0.2) is 36.4 Å². The number of ether oxygens (including phenoxy) is 2. The Morgan fingerprint density at radius 3 is 2.56 bits per heavy atom. The molecule has 2 aromatic heterocycles. The average molecular weight is 448 g/mol. The maximum absolute atomic E-state index is 13.7. The van der Waals surface area contributed by atoms with Crippen molar-refractivity contribution >= 4 is 17.6 Å². The van der Waals surface area contributed by atoms with Crippen LogP contribution in [0, 0.1) is 6.92 Å². The van der Waals surface area contributed by atoms with Crippen molar-refractivity contribution in [3.8, 4) is 11.8 Å². The number of carbonyl (C=O) groups is 2. The van der Waals surface area contributed by atoms with Crippen molar-refractivity contribution in [2.45, 2.75) is 39.7 Å². The van der Waals surface area contributed by atoms with E-state index >= 15 is 0 Å².